The molecule has 0 aromatic heterocycles. The Morgan fingerprint density at radius 2 is 1.88 bits per heavy atom. The molecule has 2 rings (SSSR count). The van der Waals surface area contributed by atoms with Gasteiger partial charge in [-0.1, -0.05) is 63.2 Å². The first-order valence-electron chi connectivity index (χ1n) is 8.92. The zero-order chi connectivity index (χ0) is 18.3. The number of carbonyl (C=O) groups excluding carboxylic acids is 1. The SMILES string of the molecule is C=CCc1cc(C(C)(C)CC)cc(C=O)c1OCCc1ccccc1. The first kappa shape index (κ1) is 19.0. The van der Waals surface area contributed by atoms with Gasteiger partial charge < -0.3 is 4.74 Å². The molecule has 2 heteroatoms. The quantitative estimate of drug-likeness (QED) is 0.444. The predicted octanol–water partition coefficient (Wildman–Crippen LogP) is 5.54. The Morgan fingerprint density at radius 1 is 1.16 bits per heavy atom. The van der Waals surface area contributed by atoms with Gasteiger partial charge in [0.05, 0.1) is 12.2 Å². The van der Waals surface area contributed by atoms with E-state index in [1.165, 1.54) is 11.1 Å². The van der Waals surface area contributed by atoms with Gasteiger partial charge in [-0.25, -0.2) is 0 Å². The number of ether oxygens (including phenoxy) is 1. The van der Waals surface area contributed by atoms with E-state index in [1.807, 2.05) is 30.3 Å². The lowest BCUT2D eigenvalue weighted by atomic mass is 9.80. The smallest absolute Gasteiger partial charge is 0.153 e. The van der Waals surface area contributed by atoms with Crippen LogP contribution in [0.5, 0.6) is 5.75 Å². The highest BCUT2D eigenvalue weighted by molar-refractivity contribution is 5.81. The first-order chi connectivity index (χ1) is 12.0. The van der Waals surface area contributed by atoms with Crippen molar-refractivity contribution in [2.45, 2.75) is 45.4 Å². The van der Waals surface area contributed by atoms with Gasteiger partial charge >= 0.3 is 0 Å². The van der Waals surface area contributed by atoms with E-state index < -0.39 is 0 Å². The Kier molecular flexibility index (Phi) is 6.58. The van der Waals surface area contributed by atoms with Crippen molar-refractivity contribution in [2.75, 3.05) is 6.61 Å². The van der Waals surface area contributed by atoms with Crippen molar-refractivity contribution in [1.82, 2.24) is 0 Å². The predicted molar refractivity (Wildman–Crippen MR) is 105 cm³/mol. The van der Waals surface area contributed by atoms with Crippen molar-refractivity contribution < 1.29 is 9.53 Å². The summed E-state index contributed by atoms with van der Waals surface area (Å²) in [5.74, 6) is 0.696. The van der Waals surface area contributed by atoms with Crippen LogP contribution < -0.4 is 4.74 Å². The lowest BCUT2D eigenvalue weighted by Crippen LogP contribution is -2.17. The van der Waals surface area contributed by atoms with E-state index in [-0.39, 0.29) is 5.41 Å². The summed E-state index contributed by atoms with van der Waals surface area (Å²) < 4.78 is 6.04. The van der Waals surface area contributed by atoms with Crippen LogP contribution in [-0.2, 0) is 18.3 Å². The number of carbonyl (C=O) groups is 1. The Labute approximate surface area is 151 Å². The molecule has 0 aliphatic rings. The molecule has 0 unspecified atom stereocenters. The molecule has 0 fully saturated rings. The van der Waals surface area contributed by atoms with E-state index in [9.17, 15) is 4.79 Å². The number of aldehydes is 1. The minimum absolute atomic E-state index is 0.0241. The third-order valence-electron chi connectivity index (χ3n) is 4.83. The van der Waals surface area contributed by atoms with Crippen LogP contribution >= 0.6 is 0 Å². The van der Waals surface area contributed by atoms with Crippen molar-refractivity contribution in [2.24, 2.45) is 0 Å². The molecule has 0 spiro atoms. The summed E-state index contributed by atoms with van der Waals surface area (Å²) in [6.45, 7) is 11.0. The van der Waals surface area contributed by atoms with Crippen LogP contribution in [0.4, 0.5) is 0 Å². The van der Waals surface area contributed by atoms with Crippen molar-refractivity contribution in [3.05, 3.63) is 77.4 Å². The molecule has 0 radical (unpaired) electrons. The van der Waals surface area contributed by atoms with Gasteiger partial charge in [0.25, 0.3) is 0 Å². The third kappa shape index (κ3) is 4.82. The average Bonchev–Trinajstić information content (AvgIpc) is 2.63. The van der Waals surface area contributed by atoms with E-state index in [4.69, 9.17) is 4.74 Å². The highest BCUT2D eigenvalue weighted by atomic mass is 16.5. The summed E-state index contributed by atoms with van der Waals surface area (Å²) in [7, 11) is 0. The molecule has 2 aromatic rings. The van der Waals surface area contributed by atoms with Crippen LogP contribution in [0.1, 0.15) is 54.2 Å². The number of allylic oxidation sites excluding steroid dienone is 1. The highest BCUT2D eigenvalue weighted by Crippen LogP contribution is 2.33. The Bertz CT molecular complexity index is 714. The molecule has 0 bridgehead atoms. The summed E-state index contributed by atoms with van der Waals surface area (Å²) in [5.41, 5.74) is 4.08. The molecule has 132 valence electrons. The van der Waals surface area contributed by atoms with E-state index in [0.29, 0.717) is 24.3 Å². The summed E-state index contributed by atoms with van der Waals surface area (Å²) in [5, 5.41) is 0. The van der Waals surface area contributed by atoms with Gasteiger partial charge in [-0.05, 0) is 41.0 Å². The minimum atomic E-state index is 0.0241. The molecular formula is C23H28O2. The molecule has 0 heterocycles. The standard InChI is InChI=1S/C23H28O2/c1-5-10-19-15-21(23(3,4)6-2)16-20(17-24)22(19)25-14-13-18-11-8-7-9-12-18/h5,7-9,11-12,15-17H,1,6,10,13-14H2,2-4H3. The van der Waals surface area contributed by atoms with Crippen LogP contribution in [0, 0.1) is 0 Å². The van der Waals surface area contributed by atoms with Gasteiger partial charge in [-0.15, -0.1) is 6.58 Å². The van der Waals surface area contributed by atoms with Crippen LogP contribution in [0.25, 0.3) is 0 Å². The van der Waals surface area contributed by atoms with Crippen LogP contribution in [0.3, 0.4) is 0 Å². The van der Waals surface area contributed by atoms with Gasteiger partial charge in [-0.3, -0.25) is 4.79 Å². The molecule has 25 heavy (non-hydrogen) atoms. The number of hydrogen-bond acceptors (Lipinski definition) is 2. The maximum Gasteiger partial charge on any atom is 0.153 e. The molecule has 0 aliphatic heterocycles. The van der Waals surface area contributed by atoms with Crippen LogP contribution in [0.2, 0.25) is 0 Å². The Morgan fingerprint density at radius 3 is 2.48 bits per heavy atom. The summed E-state index contributed by atoms with van der Waals surface area (Å²) >= 11 is 0. The van der Waals surface area contributed by atoms with Crippen molar-refractivity contribution in [3.8, 4) is 5.75 Å². The van der Waals surface area contributed by atoms with Crippen molar-refractivity contribution >= 4 is 6.29 Å². The summed E-state index contributed by atoms with van der Waals surface area (Å²) in [6, 6.07) is 14.4. The maximum atomic E-state index is 11.7. The first-order valence-corrected chi connectivity index (χ1v) is 8.92. The van der Waals surface area contributed by atoms with Gasteiger partial charge in [0.2, 0.25) is 0 Å². The maximum absolute atomic E-state index is 11.7. The van der Waals surface area contributed by atoms with Crippen LogP contribution in [-0.4, -0.2) is 12.9 Å². The molecule has 2 aromatic carbocycles. The second kappa shape index (κ2) is 8.66. The molecule has 0 aliphatic carbocycles. The largest absolute Gasteiger partial charge is 0.492 e. The minimum Gasteiger partial charge on any atom is -0.492 e. The zero-order valence-corrected chi connectivity index (χ0v) is 15.5. The van der Waals surface area contributed by atoms with E-state index in [0.717, 1.165) is 24.7 Å². The lowest BCUT2D eigenvalue weighted by Gasteiger charge is -2.26. The molecule has 0 N–H and O–H groups in total. The molecule has 0 amide bonds. The fraction of sp³-hybridized carbons (Fsp3) is 0.348. The Balaban J connectivity index is 2.28. The van der Waals surface area contributed by atoms with Gasteiger partial charge in [-0.2, -0.15) is 0 Å². The van der Waals surface area contributed by atoms with Crippen molar-refractivity contribution in [3.63, 3.8) is 0 Å². The lowest BCUT2D eigenvalue weighted by molar-refractivity contribution is 0.111. The second-order valence-electron chi connectivity index (χ2n) is 6.99. The number of benzene rings is 2. The Hall–Kier alpha value is -2.35. The third-order valence-corrected chi connectivity index (χ3v) is 4.83. The van der Waals surface area contributed by atoms with E-state index in [2.05, 4.69) is 45.5 Å². The normalized spacial score (nSPS) is 11.2. The molecule has 0 saturated carbocycles. The number of hydrogen-bond donors (Lipinski definition) is 0. The average molecular weight is 336 g/mol. The molecule has 0 saturated heterocycles. The fourth-order valence-electron chi connectivity index (χ4n) is 2.79. The monoisotopic (exact) mass is 336 g/mol. The van der Waals surface area contributed by atoms with Gasteiger partial charge in [0, 0.05) is 6.42 Å². The van der Waals surface area contributed by atoms with Crippen molar-refractivity contribution in [1.29, 1.82) is 0 Å². The molecule has 0 atom stereocenters. The highest BCUT2D eigenvalue weighted by Gasteiger charge is 2.22. The van der Waals surface area contributed by atoms with Gasteiger partial charge in [0.1, 0.15) is 5.75 Å². The molecular weight excluding hydrogens is 308 g/mol. The van der Waals surface area contributed by atoms with E-state index >= 15 is 0 Å². The second-order valence-corrected chi connectivity index (χ2v) is 6.99. The zero-order valence-electron chi connectivity index (χ0n) is 15.5. The summed E-state index contributed by atoms with van der Waals surface area (Å²) in [6.07, 6.45) is 5.27. The number of rotatable bonds is 9. The van der Waals surface area contributed by atoms with E-state index in [1.54, 1.807) is 0 Å². The topological polar surface area (TPSA) is 26.3 Å². The summed E-state index contributed by atoms with van der Waals surface area (Å²) in [4.78, 5) is 11.7. The van der Waals surface area contributed by atoms with Gasteiger partial charge in [0.15, 0.2) is 6.29 Å². The molecule has 2 nitrogen and oxygen atoms in total. The van der Waals surface area contributed by atoms with Crippen LogP contribution in [0.15, 0.2) is 55.1 Å². The fourth-order valence-corrected chi connectivity index (χ4v) is 2.79.